The molecule has 0 aliphatic carbocycles. The van der Waals surface area contributed by atoms with Crippen molar-refractivity contribution in [1.29, 1.82) is 0 Å². The van der Waals surface area contributed by atoms with E-state index in [-0.39, 0.29) is 4.47 Å². The van der Waals surface area contributed by atoms with E-state index in [1.807, 2.05) is 0 Å². The van der Waals surface area contributed by atoms with Crippen LogP contribution in [0, 0.1) is 5.82 Å². The summed E-state index contributed by atoms with van der Waals surface area (Å²) in [6, 6.07) is 1.58. The number of hydrogen-bond acceptors (Lipinski definition) is 2. The Morgan fingerprint density at radius 2 is 1.88 bits per heavy atom. The van der Waals surface area contributed by atoms with Crippen LogP contribution < -0.4 is 5.73 Å². The normalized spacial score (nSPS) is 17.6. The summed E-state index contributed by atoms with van der Waals surface area (Å²) in [5, 5.41) is 9.69. The van der Waals surface area contributed by atoms with Crippen molar-refractivity contribution in [3.05, 3.63) is 34.1 Å². The second kappa shape index (κ2) is 4.55. The molecule has 0 aromatic heterocycles. The molecule has 0 saturated carbocycles. The summed E-state index contributed by atoms with van der Waals surface area (Å²) in [6.07, 6.45) is -5.07. The van der Waals surface area contributed by atoms with Crippen LogP contribution in [0.4, 0.5) is 17.6 Å². The number of rotatable bonds is 2. The molecule has 2 atom stereocenters. The zero-order chi connectivity index (χ0) is 13.4. The highest BCUT2D eigenvalue weighted by atomic mass is 79.9. The molecule has 0 spiro atoms. The molecule has 2 nitrogen and oxygen atoms in total. The summed E-state index contributed by atoms with van der Waals surface area (Å²) < 4.78 is 52.0. The standard InChI is InChI=1S/C10H10BrF4NO/c1-5(16)9(17,10(13,14)15)6-3-2-4-7(11)8(6)12/h2-5,17H,16H2,1H3. The molecule has 0 aliphatic heterocycles. The molecular formula is C10H10BrF4NO. The fourth-order valence-electron chi connectivity index (χ4n) is 1.45. The number of benzene rings is 1. The van der Waals surface area contributed by atoms with Gasteiger partial charge in [-0.25, -0.2) is 4.39 Å². The van der Waals surface area contributed by atoms with Gasteiger partial charge < -0.3 is 10.8 Å². The number of aliphatic hydroxyl groups is 1. The summed E-state index contributed by atoms with van der Waals surface area (Å²) in [7, 11) is 0. The van der Waals surface area contributed by atoms with E-state index in [0.29, 0.717) is 0 Å². The van der Waals surface area contributed by atoms with Gasteiger partial charge in [0.2, 0.25) is 5.60 Å². The van der Waals surface area contributed by atoms with Crippen molar-refractivity contribution >= 4 is 15.9 Å². The van der Waals surface area contributed by atoms with E-state index < -0.39 is 29.2 Å². The molecule has 0 bridgehead atoms. The molecule has 0 heterocycles. The molecule has 0 radical (unpaired) electrons. The molecule has 1 rings (SSSR count). The van der Waals surface area contributed by atoms with Gasteiger partial charge in [0.05, 0.1) is 4.47 Å². The molecule has 0 aliphatic rings. The fraction of sp³-hybridized carbons (Fsp3) is 0.400. The third kappa shape index (κ3) is 2.31. The van der Waals surface area contributed by atoms with Crippen molar-refractivity contribution < 1.29 is 22.7 Å². The highest BCUT2D eigenvalue weighted by molar-refractivity contribution is 9.10. The van der Waals surface area contributed by atoms with Crippen LogP contribution in [-0.4, -0.2) is 17.3 Å². The lowest BCUT2D eigenvalue weighted by Gasteiger charge is -2.34. The zero-order valence-electron chi connectivity index (χ0n) is 8.72. The molecule has 3 N–H and O–H groups in total. The number of hydrogen-bond donors (Lipinski definition) is 2. The Bertz CT molecular complexity index is 421. The summed E-state index contributed by atoms with van der Waals surface area (Å²) in [5.74, 6) is -1.18. The van der Waals surface area contributed by atoms with Crippen molar-refractivity contribution in [2.45, 2.75) is 24.7 Å². The molecule has 1 aromatic carbocycles. The summed E-state index contributed by atoms with van der Waals surface area (Å²) in [6.45, 7) is 0.966. The first-order valence-electron chi connectivity index (χ1n) is 4.61. The van der Waals surface area contributed by atoms with Gasteiger partial charge in [-0.3, -0.25) is 0 Å². The topological polar surface area (TPSA) is 46.2 Å². The maximum Gasteiger partial charge on any atom is 0.423 e. The van der Waals surface area contributed by atoms with Gasteiger partial charge in [0.1, 0.15) is 5.82 Å². The lowest BCUT2D eigenvalue weighted by Crippen LogP contribution is -2.54. The highest BCUT2D eigenvalue weighted by Crippen LogP contribution is 2.42. The number of nitrogens with two attached hydrogens (primary N) is 1. The lowest BCUT2D eigenvalue weighted by molar-refractivity contribution is -0.273. The Labute approximate surface area is 104 Å². The molecule has 1 aromatic rings. The molecule has 2 unspecified atom stereocenters. The SMILES string of the molecule is CC(N)C(O)(c1cccc(Br)c1F)C(F)(F)F. The Kier molecular flexibility index (Phi) is 3.85. The van der Waals surface area contributed by atoms with Crippen LogP contribution in [0.2, 0.25) is 0 Å². The first kappa shape index (κ1) is 14.4. The van der Waals surface area contributed by atoms with Crippen molar-refractivity contribution in [2.24, 2.45) is 5.73 Å². The average molecular weight is 316 g/mol. The van der Waals surface area contributed by atoms with Crippen molar-refractivity contribution in [3.8, 4) is 0 Å². The van der Waals surface area contributed by atoms with Gasteiger partial charge in [0.15, 0.2) is 0 Å². The lowest BCUT2D eigenvalue weighted by atomic mass is 9.86. The molecule has 17 heavy (non-hydrogen) atoms. The third-order valence-corrected chi connectivity index (χ3v) is 3.07. The Morgan fingerprint density at radius 3 is 2.29 bits per heavy atom. The summed E-state index contributed by atoms with van der Waals surface area (Å²) >= 11 is 2.76. The van der Waals surface area contributed by atoms with Crippen LogP contribution in [0.5, 0.6) is 0 Å². The minimum Gasteiger partial charge on any atom is -0.375 e. The monoisotopic (exact) mass is 315 g/mol. The number of alkyl halides is 3. The maximum atomic E-state index is 13.6. The first-order valence-corrected chi connectivity index (χ1v) is 5.40. The van der Waals surface area contributed by atoms with Crippen LogP contribution in [0.25, 0.3) is 0 Å². The second-order valence-electron chi connectivity index (χ2n) is 3.65. The van der Waals surface area contributed by atoms with E-state index in [4.69, 9.17) is 5.73 Å². The van der Waals surface area contributed by atoms with Crippen LogP contribution in [0.1, 0.15) is 12.5 Å². The minimum absolute atomic E-state index is 0.168. The predicted molar refractivity (Wildman–Crippen MR) is 57.7 cm³/mol. The van der Waals surface area contributed by atoms with E-state index in [0.717, 1.165) is 13.0 Å². The molecule has 0 amide bonds. The predicted octanol–water partition coefficient (Wildman–Crippen LogP) is 2.69. The van der Waals surface area contributed by atoms with Gasteiger partial charge >= 0.3 is 6.18 Å². The summed E-state index contributed by atoms with van der Waals surface area (Å²) in [4.78, 5) is 0. The minimum atomic E-state index is -5.07. The quantitative estimate of drug-likeness (QED) is 0.824. The van der Waals surface area contributed by atoms with Crippen LogP contribution in [-0.2, 0) is 5.60 Å². The van der Waals surface area contributed by atoms with Crippen LogP contribution in [0.15, 0.2) is 22.7 Å². The molecule has 7 heteroatoms. The first-order chi connectivity index (χ1) is 7.62. The van der Waals surface area contributed by atoms with Crippen molar-refractivity contribution in [3.63, 3.8) is 0 Å². The zero-order valence-corrected chi connectivity index (χ0v) is 10.3. The van der Waals surface area contributed by atoms with Gasteiger partial charge in [-0.2, -0.15) is 13.2 Å². The molecular weight excluding hydrogens is 306 g/mol. The fourth-order valence-corrected chi connectivity index (χ4v) is 1.82. The van der Waals surface area contributed by atoms with Crippen molar-refractivity contribution in [2.75, 3.05) is 0 Å². The van der Waals surface area contributed by atoms with Gasteiger partial charge in [-0.05, 0) is 28.9 Å². The van der Waals surface area contributed by atoms with Gasteiger partial charge in [-0.15, -0.1) is 0 Å². The van der Waals surface area contributed by atoms with Gasteiger partial charge in [0, 0.05) is 11.6 Å². The van der Waals surface area contributed by atoms with E-state index in [2.05, 4.69) is 15.9 Å². The largest absolute Gasteiger partial charge is 0.423 e. The van der Waals surface area contributed by atoms with Crippen LogP contribution >= 0.6 is 15.9 Å². The third-order valence-electron chi connectivity index (χ3n) is 2.45. The van der Waals surface area contributed by atoms with Crippen molar-refractivity contribution in [1.82, 2.24) is 0 Å². The second-order valence-corrected chi connectivity index (χ2v) is 4.51. The molecule has 0 saturated heterocycles. The molecule has 96 valence electrons. The van der Waals surface area contributed by atoms with Crippen LogP contribution in [0.3, 0.4) is 0 Å². The maximum absolute atomic E-state index is 13.6. The molecule has 0 fully saturated rings. The average Bonchev–Trinajstić information content (AvgIpc) is 2.19. The van der Waals surface area contributed by atoms with E-state index in [9.17, 15) is 22.7 Å². The smallest absolute Gasteiger partial charge is 0.375 e. The Morgan fingerprint density at radius 1 is 1.35 bits per heavy atom. The van der Waals surface area contributed by atoms with Gasteiger partial charge in [-0.1, -0.05) is 12.1 Å². The van der Waals surface area contributed by atoms with E-state index >= 15 is 0 Å². The number of halogens is 5. The Hall–Kier alpha value is -0.660. The van der Waals surface area contributed by atoms with Gasteiger partial charge in [0.25, 0.3) is 0 Å². The van der Waals surface area contributed by atoms with E-state index in [1.165, 1.54) is 12.1 Å². The Balaban J connectivity index is 3.50. The van der Waals surface area contributed by atoms with E-state index in [1.54, 1.807) is 0 Å². The highest BCUT2D eigenvalue weighted by Gasteiger charge is 2.58. The summed E-state index contributed by atoms with van der Waals surface area (Å²) in [5.41, 5.74) is 0.846.